The van der Waals surface area contributed by atoms with Crippen LogP contribution in [0.2, 0.25) is 0 Å². The SMILES string of the molecule is C.CC(C)[C@H](CN1CC[C@H](C2CCC(Cl)CC2)C(C)(C)C1)NCC1CCCC(CNSCC23CC4C5C(C2)C453)C1.O.O.O.O.O.O.O. The molecule has 286 valence electrons. The van der Waals surface area contributed by atoms with Crippen molar-refractivity contribution in [2.75, 3.05) is 38.5 Å². The molecule has 0 bridgehead atoms. The van der Waals surface area contributed by atoms with Crippen LogP contribution >= 0.6 is 23.5 Å². The first-order chi connectivity index (χ1) is 18.7. The molecule has 0 aromatic carbocycles. The average Bonchev–Trinajstić information content (AvgIpc) is 3.76. The molecule has 0 aromatic rings. The van der Waals surface area contributed by atoms with Gasteiger partial charge in [-0.25, -0.2) is 0 Å². The third kappa shape index (κ3) is 8.66. The fourth-order valence-electron chi connectivity index (χ4n) is 11.7. The number of hydrogen-bond acceptors (Lipinski definition) is 4. The first-order valence-corrected chi connectivity index (χ1v) is 18.6. The summed E-state index contributed by atoms with van der Waals surface area (Å²) in [6.45, 7) is 16.2. The number of nitrogens with zero attached hydrogens (tertiary/aromatic N) is 1. The van der Waals surface area contributed by atoms with Gasteiger partial charge >= 0.3 is 0 Å². The molecule has 0 aromatic heterocycles. The molecular formula is C35H76ClN3O7S. The van der Waals surface area contributed by atoms with Crippen LogP contribution in [0.5, 0.6) is 0 Å². The monoisotopic (exact) mass is 718 g/mol. The van der Waals surface area contributed by atoms with Gasteiger partial charge in [0.05, 0.1) is 0 Å². The molecular weight excluding hydrogens is 642 g/mol. The highest BCUT2D eigenvalue weighted by atomic mass is 35.5. The van der Waals surface area contributed by atoms with Gasteiger partial charge in [0.1, 0.15) is 0 Å². The molecule has 12 heteroatoms. The number of halogens is 1. The van der Waals surface area contributed by atoms with E-state index in [-0.39, 0.29) is 45.8 Å². The van der Waals surface area contributed by atoms with Gasteiger partial charge < -0.3 is 48.6 Å². The minimum atomic E-state index is 0. The van der Waals surface area contributed by atoms with E-state index in [1.165, 1.54) is 114 Å². The Hall–Kier alpha value is 0.240. The summed E-state index contributed by atoms with van der Waals surface area (Å²) in [5.74, 6) is 9.27. The summed E-state index contributed by atoms with van der Waals surface area (Å²) >= 11 is 8.54. The van der Waals surface area contributed by atoms with E-state index in [2.05, 4.69) is 54.6 Å². The third-order valence-electron chi connectivity index (χ3n) is 13.9. The minimum Gasteiger partial charge on any atom is -0.412 e. The summed E-state index contributed by atoms with van der Waals surface area (Å²) in [6.07, 6.45) is 15.5. The van der Waals surface area contributed by atoms with Crippen LogP contribution in [0.15, 0.2) is 0 Å². The number of piperidine rings is 1. The smallest absolute Gasteiger partial charge is 0.0336 e. The molecule has 6 atom stereocenters. The lowest BCUT2D eigenvalue weighted by atomic mass is 9.47. The number of alkyl halides is 1. The van der Waals surface area contributed by atoms with E-state index >= 15 is 0 Å². The van der Waals surface area contributed by atoms with Gasteiger partial charge in [0.2, 0.25) is 0 Å². The fraction of sp³-hybridized carbons (Fsp3) is 1.00. The summed E-state index contributed by atoms with van der Waals surface area (Å²) in [6, 6.07) is 0.614. The van der Waals surface area contributed by atoms with Gasteiger partial charge in [-0.2, -0.15) is 0 Å². The van der Waals surface area contributed by atoms with Crippen LogP contribution in [-0.4, -0.2) is 93.1 Å². The van der Waals surface area contributed by atoms with Crippen LogP contribution in [0.3, 0.4) is 0 Å². The third-order valence-corrected chi connectivity index (χ3v) is 15.4. The number of nitrogens with one attached hydrogen (secondary N) is 2. The van der Waals surface area contributed by atoms with E-state index in [0.29, 0.717) is 22.8 Å². The molecule has 1 aliphatic heterocycles. The molecule has 4 unspecified atom stereocenters. The predicted molar refractivity (Wildman–Crippen MR) is 199 cm³/mol. The van der Waals surface area contributed by atoms with Crippen LogP contribution in [0.1, 0.15) is 106 Å². The van der Waals surface area contributed by atoms with E-state index in [4.69, 9.17) is 11.6 Å². The van der Waals surface area contributed by atoms with Gasteiger partial charge in [-0.1, -0.05) is 53.5 Å². The van der Waals surface area contributed by atoms with E-state index in [9.17, 15) is 0 Å². The lowest BCUT2D eigenvalue weighted by Crippen LogP contribution is -2.54. The van der Waals surface area contributed by atoms with Crippen molar-refractivity contribution in [2.45, 2.75) is 117 Å². The molecule has 0 amide bonds. The molecule has 7 rings (SSSR count). The number of rotatable bonds is 12. The van der Waals surface area contributed by atoms with Crippen molar-refractivity contribution in [3.05, 3.63) is 0 Å². The van der Waals surface area contributed by atoms with Gasteiger partial charge in [-0.05, 0) is 141 Å². The summed E-state index contributed by atoms with van der Waals surface area (Å²) < 4.78 is 3.86. The average molecular weight is 719 g/mol. The molecule has 47 heavy (non-hydrogen) atoms. The van der Waals surface area contributed by atoms with Crippen LogP contribution in [0, 0.1) is 63.6 Å². The van der Waals surface area contributed by atoms with E-state index in [1.807, 2.05) is 0 Å². The standard InChI is InChI=1S/C34H58ClN3S.CH4.7H2O/c1-22(2)30(19-38-13-12-27(32(3,4)20-38)25-8-10-26(35)11-9-25)36-17-23-6-5-7-24(14-23)18-37-39-21-33-15-28-31-29(16-33)34(28,31)33;;;;;;;;/h22-31,36-37H,5-21H2,1-4H3;1H4;7*1H2/t23?,24?,25?,26?,27-,28?,29?,30+,31?,33?,34?;;;;;;;;/m1......../s1. The zero-order chi connectivity index (χ0) is 27.0. The van der Waals surface area contributed by atoms with Crippen LogP contribution in [-0.2, 0) is 0 Å². The number of hydrogen-bond donors (Lipinski definition) is 2. The van der Waals surface area contributed by atoms with Crippen LogP contribution < -0.4 is 10.0 Å². The van der Waals surface area contributed by atoms with Crippen molar-refractivity contribution in [3.8, 4) is 0 Å². The Morgan fingerprint density at radius 3 is 1.91 bits per heavy atom. The van der Waals surface area contributed by atoms with Crippen molar-refractivity contribution in [1.82, 2.24) is 14.9 Å². The summed E-state index contributed by atoms with van der Waals surface area (Å²) in [4.78, 5) is 2.81. The maximum absolute atomic E-state index is 6.44. The Balaban J connectivity index is 0. The van der Waals surface area contributed by atoms with Crippen molar-refractivity contribution < 1.29 is 38.3 Å². The molecule has 16 N–H and O–H groups in total. The van der Waals surface area contributed by atoms with Gasteiger partial charge in [-0.3, -0.25) is 4.72 Å². The second kappa shape index (κ2) is 18.6. The van der Waals surface area contributed by atoms with Gasteiger partial charge in [0.15, 0.2) is 0 Å². The zero-order valence-electron chi connectivity index (χ0n) is 29.0. The highest BCUT2D eigenvalue weighted by Gasteiger charge is 3.04. The summed E-state index contributed by atoms with van der Waals surface area (Å²) in [5.41, 5.74) is 2.18. The summed E-state index contributed by atoms with van der Waals surface area (Å²) in [7, 11) is 0. The first-order valence-electron chi connectivity index (χ1n) is 17.2. The zero-order valence-corrected chi connectivity index (χ0v) is 30.6. The van der Waals surface area contributed by atoms with Gasteiger partial charge in [-0.15, -0.1) is 11.6 Å². The molecule has 6 saturated carbocycles. The van der Waals surface area contributed by atoms with Crippen molar-refractivity contribution in [3.63, 3.8) is 0 Å². The molecule has 6 aliphatic carbocycles. The van der Waals surface area contributed by atoms with Crippen molar-refractivity contribution >= 4 is 23.5 Å². The molecule has 1 heterocycles. The molecule has 10 nitrogen and oxygen atoms in total. The number of likely N-dealkylation sites (tertiary alicyclic amines) is 1. The molecule has 7 fully saturated rings. The number of fused-ring (bicyclic) bond motifs is 2. The largest absolute Gasteiger partial charge is 0.412 e. The Bertz CT molecular complexity index is 898. The second-order valence-electron chi connectivity index (χ2n) is 16.8. The fourth-order valence-corrected chi connectivity index (χ4v) is 13.2. The molecule has 0 radical (unpaired) electrons. The van der Waals surface area contributed by atoms with E-state index in [0.717, 1.165) is 34.5 Å². The molecule has 1 saturated heterocycles. The molecule has 7 aliphatic rings. The Labute approximate surface area is 295 Å². The van der Waals surface area contributed by atoms with E-state index < -0.39 is 0 Å². The Kier molecular flexibility index (Phi) is 19.6. The van der Waals surface area contributed by atoms with Crippen molar-refractivity contribution in [2.24, 2.45) is 63.6 Å². The van der Waals surface area contributed by atoms with E-state index in [1.54, 1.807) is 12.8 Å². The normalized spacial score (nSPS) is 40.2. The Morgan fingerprint density at radius 1 is 0.809 bits per heavy atom. The first kappa shape index (κ1) is 49.4. The Morgan fingerprint density at radius 2 is 1.40 bits per heavy atom. The highest BCUT2D eigenvalue weighted by Crippen LogP contribution is 3.08. The highest BCUT2D eigenvalue weighted by molar-refractivity contribution is 7.97. The minimum absolute atomic E-state index is 0. The summed E-state index contributed by atoms with van der Waals surface area (Å²) in [5, 5.41) is 4.55. The second-order valence-corrected chi connectivity index (χ2v) is 18.3. The topological polar surface area (TPSA) is 248 Å². The van der Waals surface area contributed by atoms with Gasteiger partial charge in [0, 0.05) is 36.8 Å². The maximum Gasteiger partial charge on any atom is 0.0336 e. The predicted octanol–water partition coefficient (Wildman–Crippen LogP) is 2.31. The van der Waals surface area contributed by atoms with Gasteiger partial charge in [0.25, 0.3) is 0 Å². The van der Waals surface area contributed by atoms with Crippen LogP contribution in [0.4, 0.5) is 0 Å². The van der Waals surface area contributed by atoms with Crippen LogP contribution in [0.25, 0.3) is 0 Å². The lowest BCUT2D eigenvalue weighted by Gasteiger charge is -2.59. The quantitative estimate of drug-likeness (QED) is 0.175. The van der Waals surface area contributed by atoms with Crippen molar-refractivity contribution in [1.29, 1.82) is 0 Å². The maximum atomic E-state index is 6.44. The molecule has 1 spiro atoms. The lowest BCUT2D eigenvalue weighted by molar-refractivity contribution is -0.0838.